The lowest BCUT2D eigenvalue weighted by Gasteiger charge is -2.33. The largest absolute Gasteiger partial charge is 0.487 e. The zero-order valence-corrected chi connectivity index (χ0v) is 14.0. The molecule has 0 bridgehead atoms. The van der Waals surface area contributed by atoms with E-state index in [1.165, 1.54) is 5.56 Å². The molecule has 1 amide bonds. The van der Waals surface area contributed by atoms with Gasteiger partial charge in [0.15, 0.2) is 0 Å². The molecule has 6 heteroatoms. The summed E-state index contributed by atoms with van der Waals surface area (Å²) in [6.07, 6.45) is 5.60. The van der Waals surface area contributed by atoms with Crippen LogP contribution in [-0.2, 0) is 11.2 Å². The molecule has 3 heterocycles. The number of carbonyl (C=O) groups is 1. The molecular formula is C17H21N3O2S. The fourth-order valence-electron chi connectivity index (χ4n) is 3.70. The van der Waals surface area contributed by atoms with Crippen LogP contribution >= 0.6 is 11.8 Å². The van der Waals surface area contributed by atoms with Gasteiger partial charge >= 0.3 is 0 Å². The van der Waals surface area contributed by atoms with E-state index in [1.807, 2.05) is 6.26 Å². The van der Waals surface area contributed by atoms with Gasteiger partial charge in [0.25, 0.3) is 0 Å². The van der Waals surface area contributed by atoms with Crippen LogP contribution in [0.3, 0.4) is 0 Å². The molecule has 1 unspecified atom stereocenters. The SMILES string of the molecule is CSC1CC(=O)NN=C1c1ccc2c(c1)CC1(CCNCC1)O2. The zero-order valence-electron chi connectivity index (χ0n) is 13.2. The van der Waals surface area contributed by atoms with Crippen LogP contribution in [0.2, 0.25) is 0 Å². The minimum Gasteiger partial charge on any atom is -0.487 e. The molecule has 2 N–H and O–H groups in total. The van der Waals surface area contributed by atoms with Crippen molar-refractivity contribution in [1.29, 1.82) is 0 Å². The summed E-state index contributed by atoms with van der Waals surface area (Å²) >= 11 is 1.68. The molecule has 1 fully saturated rings. The summed E-state index contributed by atoms with van der Waals surface area (Å²) in [5.41, 5.74) is 5.92. The van der Waals surface area contributed by atoms with Crippen molar-refractivity contribution in [3.05, 3.63) is 29.3 Å². The molecule has 1 atom stereocenters. The normalized spacial score (nSPS) is 25.5. The number of fused-ring (bicyclic) bond motifs is 1. The molecule has 3 aliphatic rings. The Labute approximate surface area is 140 Å². The molecule has 3 aliphatic heterocycles. The molecule has 1 saturated heterocycles. The molecule has 5 nitrogen and oxygen atoms in total. The van der Waals surface area contributed by atoms with Gasteiger partial charge in [0.1, 0.15) is 11.4 Å². The second-order valence-electron chi connectivity index (χ2n) is 6.49. The van der Waals surface area contributed by atoms with Gasteiger partial charge in [-0.2, -0.15) is 16.9 Å². The van der Waals surface area contributed by atoms with Crippen molar-refractivity contribution in [1.82, 2.24) is 10.7 Å². The molecular weight excluding hydrogens is 310 g/mol. The fraction of sp³-hybridized carbons (Fsp3) is 0.529. The van der Waals surface area contributed by atoms with Crippen molar-refractivity contribution < 1.29 is 9.53 Å². The molecule has 1 spiro atoms. The van der Waals surface area contributed by atoms with E-state index < -0.39 is 0 Å². The minimum absolute atomic E-state index is 0.00810. The monoisotopic (exact) mass is 331 g/mol. The van der Waals surface area contributed by atoms with Gasteiger partial charge in [-0.3, -0.25) is 4.79 Å². The maximum absolute atomic E-state index is 11.5. The number of hydrogen-bond acceptors (Lipinski definition) is 5. The van der Waals surface area contributed by atoms with E-state index in [4.69, 9.17) is 4.74 Å². The Bertz CT molecular complexity index is 668. The van der Waals surface area contributed by atoms with Gasteiger partial charge < -0.3 is 10.1 Å². The number of hydrogen-bond donors (Lipinski definition) is 2. The third kappa shape index (κ3) is 2.74. The highest BCUT2D eigenvalue weighted by molar-refractivity contribution is 8.00. The molecule has 1 aromatic carbocycles. The van der Waals surface area contributed by atoms with E-state index in [0.29, 0.717) is 6.42 Å². The molecule has 23 heavy (non-hydrogen) atoms. The van der Waals surface area contributed by atoms with Crippen LogP contribution in [0, 0.1) is 0 Å². The van der Waals surface area contributed by atoms with E-state index in [-0.39, 0.29) is 16.8 Å². The predicted molar refractivity (Wildman–Crippen MR) is 92.2 cm³/mol. The second-order valence-corrected chi connectivity index (χ2v) is 7.54. The van der Waals surface area contributed by atoms with Gasteiger partial charge in [-0.1, -0.05) is 0 Å². The molecule has 1 aromatic rings. The number of hydrazone groups is 1. The summed E-state index contributed by atoms with van der Waals surface area (Å²) < 4.78 is 6.29. The lowest BCUT2D eigenvalue weighted by atomic mass is 9.87. The lowest BCUT2D eigenvalue weighted by Crippen LogP contribution is -2.45. The Morgan fingerprint density at radius 3 is 2.96 bits per heavy atom. The summed E-state index contributed by atoms with van der Waals surface area (Å²) in [5.74, 6) is 1.00. The van der Waals surface area contributed by atoms with E-state index in [0.717, 1.165) is 49.4 Å². The first-order chi connectivity index (χ1) is 11.2. The van der Waals surface area contributed by atoms with Gasteiger partial charge in [0.2, 0.25) is 5.91 Å². The number of amides is 1. The van der Waals surface area contributed by atoms with Crippen molar-refractivity contribution in [3.63, 3.8) is 0 Å². The summed E-state index contributed by atoms with van der Waals surface area (Å²) in [6.45, 7) is 2.04. The Morgan fingerprint density at radius 2 is 2.17 bits per heavy atom. The molecule has 0 aliphatic carbocycles. The average Bonchev–Trinajstić information content (AvgIpc) is 2.91. The predicted octanol–water partition coefficient (Wildman–Crippen LogP) is 1.70. The van der Waals surface area contributed by atoms with Crippen LogP contribution in [0.15, 0.2) is 23.3 Å². The number of carbonyl (C=O) groups excluding carboxylic acids is 1. The Morgan fingerprint density at radius 1 is 1.35 bits per heavy atom. The zero-order chi connectivity index (χ0) is 15.9. The van der Waals surface area contributed by atoms with Crippen LogP contribution in [0.4, 0.5) is 0 Å². The highest BCUT2D eigenvalue weighted by atomic mass is 32.2. The van der Waals surface area contributed by atoms with Crippen molar-refractivity contribution in [2.45, 2.75) is 36.5 Å². The molecule has 0 saturated carbocycles. The number of benzene rings is 1. The first kappa shape index (κ1) is 15.0. The summed E-state index contributed by atoms with van der Waals surface area (Å²) in [5, 5.41) is 7.83. The van der Waals surface area contributed by atoms with Gasteiger partial charge in [0, 0.05) is 12.8 Å². The number of nitrogens with one attached hydrogen (secondary N) is 2. The highest BCUT2D eigenvalue weighted by Gasteiger charge is 2.40. The number of nitrogens with zero attached hydrogens (tertiary/aromatic N) is 1. The summed E-state index contributed by atoms with van der Waals surface area (Å²) in [4.78, 5) is 11.5. The maximum atomic E-state index is 11.5. The van der Waals surface area contributed by atoms with E-state index in [2.05, 4.69) is 34.0 Å². The van der Waals surface area contributed by atoms with Crippen LogP contribution in [-0.4, -0.2) is 41.8 Å². The molecule has 0 radical (unpaired) electrons. The standard InChI is InChI=1S/C17H21N3O2S/c1-23-14-9-15(21)19-20-16(14)11-2-3-13-12(8-11)10-17(22-13)4-6-18-7-5-17/h2-3,8,14,18H,4-7,9-10H2,1H3,(H,19,21). The molecule has 4 rings (SSSR count). The average molecular weight is 331 g/mol. The third-order valence-electron chi connectivity index (χ3n) is 4.97. The van der Waals surface area contributed by atoms with Crippen LogP contribution in [0.25, 0.3) is 0 Å². The number of thioether (sulfide) groups is 1. The molecule has 122 valence electrons. The van der Waals surface area contributed by atoms with Gasteiger partial charge in [-0.05, 0) is 61.5 Å². The topological polar surface area (TPSA) is 62.7 Å². The maximum Gasteiger partial charge on any atom is 0.241 e. The van der Waals surface area contributed by atoms with Crippen molar-refractivity contribution in [2.24, 2.45) is 5.10 Å². The quantitative estimate of drug-likeness (QED) is 0.866. The van der Waals surface area contributed by atoms with Crippen LogP contribution in [0.1, 0.15) is 30.4 Å². The van der Waals surface area contributed by atoms with Gasteiger partial charge in [0.05, 0.1) is 11.0 Å². The van der Waals surface area contributed by atoms with Crippen molar-refractivity contribution in [3.8, 4) is 5.75 Å². The minimum atomic E-state index is -0.0201. The van der Waals surface area contributed by atoms with E-state index >= 15 is 0 Å². The second kappa shape index (κ2) is 5.83. The molecule has 0 aromatic heterocycles. The van der Waals surface area contributed by atoms with E-state index in [9.17, 15) is 4.79 Å². The first-order valence-corrected chi connectivity index (χ1v) is 9.40. The Hall–Kier alpha value is -1.53. The lowest BCUT2D eigenvalue weighted by molar-refractivity contribution is -0.121. The number of piperidine rings is 1. The summed E-state index contributed by atoms with van der Waals surface area (Å²) in [7, 11) is 0. The Kier molecular flexibility index (Phi) is 3.81. The van der Waals surface area contributed by atoms with Crippen LogP contribution in [0.5, 0.6) is 5.75 Å². The number of ether oxygens (including phenoxy) is 1. The fourth-order valence-corrected chi connectivity index (χ4v) is 4.43. The number of rotatable bonds is 2. The van der Waals surface area contributed by atoms with Crippen LogP contribution < -0.4 is 15.5 Å². The highest BCUT2D eigenvalue weighted by Crippen LogP contribution is 2.40. The Balaban J connectivity index is 1.62. The van der Waals surface area contributed by atoms with Crippen molar-refractivity contribution in [2.75, 3.05) is 19.3 Å². The van der Waals surface area contributed by atoms with Gasteiger partial charge in [-0.25, -0.2) is 5.43 Å². The first-order valence-electron chi connectivity index (χ1n) is 8.11. The third-order valence-corrected chi connectivity index (χ3v) is 5.93. The van der Waals surface area contributed by atoms with E-state index in [1.54, 1.807) is 11.8 Å². The summed E-state index contributed by atoms with van der Waals surface area (Å²) in [6, 6.07) is 6.34. The van der Waals surface area contributed by atoms with Crippen molar-refractivity contribution >= 4 is 23.4 Å². The van der Waals surface area contributed by atoms with Gasteiger partial charge in [-0.15, -0.1) is 0 Å². The smallest absolute Gasteiger partial charge is 0.241 e.